The fourth-order valence-corrected chi connectivity index (χ4v) is 2.87. The van der Waals surface area contributed by atoms with Gasteiger partial charge in [-0.25, -0.2) is 0 Å². The Morgan fingerprint density at radius 2 is 1.95 bits per heavy atom. The van der Waals surface area contributed by atoms with Crippen LogP contribution < -0.4 is 5.32 Å². The number of nitrogens with zero attached hydrogens (tertiary/aromatic N) is 1. The lowest BCUT2D eigenvalue weighted by molar-refractivity contribution is -0.121. The van der Waals surface area contributed by atoms with Crippen LogP contribution in [-0.4, -0.2) is 48.1 Å². The molecular weight excluding hydrogens is 336 g/mol. The van der Waals surface area contributed by atoms with Gasteiger partial charge < -0.3 is 5.11 Å². The molecule has 2 rings (SSSR count). The summed E-state index contributed by atoms with van der Waals surface area (Å²) in [5.74, 6) is -0.345. The van der Waals surface area contributed by atoms with Crippen LogP contribution in [0.15, 0.2) is 28.7 Å². The van der Waals surface area contributed by atoms with Crippen molar-refractivity contribution in [1.29, 1.82) is 0 Å². The first-order valence-electron chi connectivity index (χ1n) is 7.02. The highest BCUT2D eigenvalue weighted by atomic mass is 79.9. The summed E-state index contributed by atoms with van der Waals surface area (Å²) in [5, 5.41) is 11.5. The molecule has 0 spiro atoms. The van der Waals surface area contributed by atoms with Gasteiger partial charge in [-0.15, -0.1) is 0 Å². The van der Waals surface area contributed by atoms with Crippen LogP contribution in [0.3, 0.4) is 0 Å². The van der Waals surface area contributed by atoms with Gasteiger partial charge in [0.05, 0.1) is 12.1 Å². The summed E-state index contributed by atoms with van der Waals surface area (Å²) in [6.07, 6.45) is 1.78. The largest absolute Gasteiger partial charge is 0.396 e. The van der Waals surface area contributed by atoms with E-state index >= 15 is 0 Å². The number of amides is 2. The first kappa shape index (κ1) is 16.1. The van der Waals surface area contributed by atoms with Gasteiger partial charge in [0.25, 0.3) is 5.91 Å². The van der Waals surface area contributed by atoms with E-state index in [0.717, 1.165) is 25.9 Å². The fourth-order valence-electron chi connectivity index (χ4n) is 2.41. The fraction of sp³-hybridized carbons (Fsp3) is 0.467. The van der Waals surface area contributed by atoms with Gasteiger partial charge >= 0.3 is 0 Å². The maximum atomic E-state index is 12.0. The van der Waals surface area contributed by atoms with E-state index in [1.807, 2.05) is 11.0 Å². The lowest BCUT2D eigenvalue weighted by Crippen LogP contribution is -2.43. The van der Waals surface area contributed by atoms with Crippen molar-refractivity contribution in [2.45, 2.75) is 12.8 Å². The Labute approximate surface area is 132 Å². The van der Waals surface area contributed by atoms with Crippen LogP contribution >= 0.6 is 15.9 Å². The molecule has 1 aliphatic heterocycles. The zero-order chi connectivity index (χ0) is 15.2. The number of aliphatic hydroxyl groups is 1. The van der Waals surface area contributed by atoms with Gasteiger partial charge in [0.15, 0.2) is 0 Å². The summed E-state index contributed by atoms with van der Waals surface area (Å²) < 4.78 is 0.666. The molecule has 0 bridgehead atoms. The van der Waals surface area contributed by atoms with Gasteiger partial charge in [-0.05, 0) is 59.9 Å². The first-order chi connectivity index (χ1) is 10.1. The number of rotatable bonds is 4. The van der Waals surface area contributed by atoms with E-state index < -0.39 is 5.91 Å². The quantitative estimate of drug-likeness (QED) is 0.857. The van der Waals surface area contributed by atoms with Crippen LogP contribution in [0.2, 0.25) is 0 Å². The molecule has 1 saturated heterocycles. The number of nitrogens with one attached hydrogen (secondary N) is 1. The number of carbonyl (C=O) groups is 2. The Kier molecular flexibility index (Phi) is 5.90. The van der Waals surface area contributed by atoms with Crippen molar-refractivity contribution in [3.63, 3.8) is 0 Å². The predicted octanol–water partition coefficient (Wildman–Crippen LogP) is 1.41. The number of benzene rings is 1. The summed E-state index contributed by atoms with van der Waals surface area (Å²) in [6, 6.07) is 7.00. The highest BCUT2D eigenvalue weighted by Gasteiger charge is 2.21. The summed E-state index contributed by atoms with van der Waals surface area (Å²) in [6.45, 7) is 1.98. The summed E-state index contributed by atoms with van der Waals surface area (Å²) in [7, 11) is 0. The number of carbonyl (C=O) groups excluding carboxylic acids is 2. The molecule has 1 aliphatic rings. The maximum absolute atomic E-state index is 12.0. The molecule has 1 aromatic rings. The molecule has 2 amide bonds. The number of piperidine rings is 1. The number of aliphatic hydroxyl groups excluding tert-OH is 1. The third-order valence-electron chi connectivity index (χ3n) is 3.70. The lowest BCUT2D eigenvalue weighted by Gasteiger charge is -2.30. The van der Waals surface area contributed by atoms with Crippen LogP contribution in [0.25, 0.3) is 0 Å². The molecule has 0 unspecified atom stereocenters. The Morgan fingerprint density at radius 3 is 2.57 bits per heavy atom. The van der Waals surface area contributed by atoms with Crippen molar-refractivity contribution in [3.05, 3.63) is 34.3 Å². The van der Waals surface area contributed by atoms with E-state index in [4.69, 9.17) is 5.11 Å². The summed E-state index contributed by atoms with van der Waals surface area (Å²) in [4.78, 5) is 25.9. The topological polar surface area (TPSA) is 69.6 Å². The van der Waals surface area contributed by atoms with Gasteiger partial charge in [-0.2, -0.15) is 0 Å². The van der Waals surface area contributed by atoms with E-state index in [1.54, 1.807) is 18.2 Å². The van der Waals surface area contributed by atoms with Gasteiger partial charge in [-0.1, -0.05) is 12.1 Å². The minimum atomic E-state index is -0.391. The molecular formula is C15H19BrN2O3. The molecule has 6 heteroatoms. The number of halogens is 1. The summed E-state index contributed by atoms with van der Waals surface area (Å²) in [5.41, 5.74) is 0.449. The van der Waals surface area contributed by atoms with Crippen molar-refractivity contribution >= 4 is 27.7 Å². The molecule has 2 N–H and O–H groups in total. The van der Waals surface area contributed by atoms with E-state index in [9.17, 15) is 9.59 Å². The lowest BCUT2D eigenvalue weighted by atomic mass is 9.98. The third-order valence-corrected chi connectivity index (χ3v) is 4.40. The monoisotopic (exact) mass is 354 g/mol. The molecule has 1 heterocycles. The minimum absolute atomic E-state index is 0.209. The highest BCUT2D eigenvalue weighted by molar-refractivity contribution is 9.10. The van der Waals surface area contributed by atoms with Crippen LogP contribution in [0.5, 0.6) is 0 Å². The van der Waals surface area contributed by atoms with E-state index in [-0.39, 0.29) is 19.1 Å². The van der Waals surface area contributed by atoms with Crippen LogP contribution in [0, 0.1) is 5.92 Å². The second-order valence-corrected chi connectivity index (χ2v) is 6.11. The van der Waals surface area contributed by atoms with E-state index in [2.05, 4.69) is 21.2 Å². The maximum Gasteiger partial charge on any atom is 0.259 e. The van der Waals surface area contributed by atoms with Gasteiger partial charge in [0.1, 0.15) is 0 Å². The van der Waals surface area contributed by atoms with Crippen molar-refractivity contribution < 1.29 is 14.7 Å². The van der Waals surface area contributed by atoms with E-state index in [1.165, 1.54) is 0 Å². The standard InChI is InChI=1S/C15H19BrN2O3/c16-13-4-2-1-3-12(13)15(21)17-14(20)9-18-7-5-11(10-19)6-8-18/h1-4,11,19H,5-10H2,(H,17,20,21). The average molecular weight is 355 g/mol. The zero-order valence-corrected chi connectivity index (χ0v) is 13.3. The van der Waals surface area contributed by atoms with Crippen molar-refractivity contribution in [1.82, 2.24) is 10.2 Å². The normalized spacial score (nSPS) is 16.7. The molecule has 0 atom stereocenters. The molecule has 5 nitrogen and oxygen atoms in total. The van der Waals surface area contributed by atoms with Gasteiger partial charge in [0.2, 0.25) is 5.91 Å². The molecule has 0 aromatic heterocycles. The smallest absolute Gasteiger partial charge is 0.259 e. The number of imide groups is 1. The average Bonchev–Trinajstić information content (AvgIpc) is 2.48. The molecule has 1 aromatic carbocycles. The second-order valence-electron chi connectivity index (χ2n) is 5.26. The predicted molar refractivity (Wildman–Crippen MR) is 82.9 cm³/mol. The Balaban J connectivity index is 1.82. The Bertz CT molecular complexity index is 513. The van der Waals surface area contributed by atoms with Crippen LogP contribution in [-0.2, 0) is 4.79 Å². The van der Waals surface area contributed by atoms with Crippen molar-refractivity contribution in [3.8, 4) is 0 Å². The zero-order valence-electron chi connectivity index (χ0n) is 11.7. The summed E-state index contributed by atoms with van der Waals surface area (Å²) >= 11 is 3.29. The molecule has 21 heavy (non-hydrogen) atoms. The Morgan fingerprint density at radius 1 is 1.29 bits per heavy atom. The third kappa shape index (κ3) is 4.62. The number of likely N-dealkylation sites (tertiary alicyclic amines) is 1. The molecule has 1 fully saturated rings. The molecule has 114 valence electrons. The van der Waals surface area contributed by atoms with Gasteiger partial charge in [-0.3, -0.25) is 19.8 Å². The van der Waals surface area contributed by atoms with Crippen LogP contribution in [0.1, 0.15) is 23.2 Å². The molecule has 0 saturated carbocycles. The Hall–Kier alpha value is -1.24. The SMILES string of the molecule is O=C(CN1CCC(CO)CC1)NC(=O)c1ccccc1Br. The van der Waals surface area contributed by atoms with Crippen molar-refractivity contribution in [2.24, 2.45) is 5.92 Å². The second kappa shape index (κ2) is 7.68. The van der Waals surface area contributed by atoms with Crippen molar-refractivity contribution in [2.75, 3.05) is 26.2 Å². The first-order valence-corrected chi connectivity index (χ1v) is 7.81. The van der Waals surface area contributed by atoms with Gasteiger partial charge in [0, 0.05) is 11.1 Å². The number of hydrogen-bond donors (Lipinski definition) is 2. The molecule has 0 radical (unpaired) electrons. The molecule has 0 aliphatic carbocycles. The van der Waals surface area contributed by atoms with Crippen LogP contribution in [0.4, 0.5) is 0 Å². The highest BCUT2D eigenvalue weighted by Crippen LogP contribution is 2.17. The minimum Gasteiger partial charge on any atom is -0.396 e. The van der Waals surface area contributed by atoms with E-state index in [0.29, 0.717) is 16.0 Å². The number of hydrogen-bond acceptors (Lipinski definition) is 4.